The van der Waals surface area contributed by atoms with Gasteiger partial charge in [0.25, 0.3) is 0 Å². The second-order valence-electron chi connectivity index (χ2n) is 10.9. The summed E-state index contributed by atoms with van der Waals surface area (Å²) in [6.45, 7) is 0. The van der Waals surface area contributed by atoms with Crippen LogP contribution in [0.15, 0.2) is 164 Å². The number of benzene rings is 6. The van der Waals surface area contributed by atoms with Crippen molar-refractivity contribution in [1.82, 2.24) is 4.98 Å². The molecule has 3 heteroatoms. The number of rotatable bonds is 6. The molecule has 0 amide bonds. The van der Waals surface area contributed by atoms with Crippen molar-refractivity contribution in [3.8, 4) is 44.5 Å². The van der Waals surface area contributed by atoms with E-state index >= 15 is 0 Å². The molecular formula is C41H28N2S. The Morgan fingerprint density at radius 2 is 1.00 bits per heavy atom. The van der Waals surface area contributed by atoms with Gasteiger partial charge in [0.05, 0.1) is 0 Å². The van der Waals surface area contributed by atoms with E-state index in [0.29, 0.717) is 0 Å². The van der Waals surface area contributed by atoms with Crippen LogP contribution in [-0.2, 0) is 0 Å². The van der Waals surface area contributed by atoms with Crippen LogP contribution in [0, 0.1) is 0 Å². The van der Waals surface area contributed by atoms with Gasteiger partial charge in [0.15, 0.2) is 0 Å². The third kappa shape index (κ3) is 5.04. The van der Waals surface area contributed by atoms with E-state index in [-0.39, 0.29) is 0 Å². The second-order valence-corrected chi connectivity index (χ2v) is 12.0. The van der Waals surface area contributed by atoms with E-state index < -0.39 is 0 Å². The summed E-state index contributed by atoms with van der Waals surface area (Å²) in [7, 11) is 0. The molecule has 2 heterocycles. The van der Waals surface area contributed by atoms with E-state index in [1.54, 1.807) is 0 Å². The molecule has 8 rings (SSSR count). The summed E-state index contributed by atoms with van der Waals surface area (Å²) in [5.41, 5.74) is 10.5. The topological polar surface area (TPSA) is 24.9 Å². The molecule has 0 fully saturated rings. The molecule has 2 aromatic heterocycles. The minimum Gasteiger partial charge on any atom is -0.340 e. The Morgan fingerprint density at radius 1 is 0.432 bits per heavy atom. The maximum Gasteiger partial charge on any atom is 0.130 e. The molecule has 0 spiro atoms. The molecule has 0 bridgehead atoms. The van der Waals surface area contributed by atoms with Crippen molar-refractivity contribution < 1.29 is 0 Å². The number of nitrogens with one attached hydrogen (secondary N) is 1. The van der Waals surface area contributed by atoms with E-state index in [9.17, 15) is 0 Å². The van der Waals surface area contributed by atoms with Crippen LogP contribution in [0.2, 0.25) is 0 Å². The molecule has 6 aromatic carbocycles. The first-order valence-corrected chi connectivity index (χ1v) is 15.6. The van der Waals surface area contributed by atoms with Crippen LogP contribution < -0.4 is 5.32 Å². The van der Waals surface area contributed by atoms with Gasteiger partial charge in [-0.05, 0) is 81.9 Å². The van der Waals surface area contributed by atoms with Crippen LogP contribution in [0.1, 0.15) is 0 Å². The zero-order valence-electron chi connectivity index (χ0n) is 23.9. The molecular weight excluding hydrogens is 553 g/mol. The van der Waals surface area contributed by atoms with Gasteiger partial charge in [-0.3, -0.25) is 0 Å². The number of thiophene rings is 1. The molecule has 2 nitrogen and oxygen atoms in total. The number of pyridine rings is 1. The smallest absolute Gasteiger partial charge is 0.130 e. The molecule has 0 radical (unpaired) electrons. The Kier molecular flexibility index (Phi) is 6.71. The maximum absolute atomic E-state index is 4.78. The largest absolute Gasteiger partial charge is 0.340 e. The average Bonchev–Trinajstić information content (AvgIpc) is 3.49. The van der Waals surface area contributed by atoms with E-state index in [0.717, 1.165) is 17.1 Å². The van der Waals surface area contributed by atoms with Gasteiger partial charge in [-0.15, -0.1) is 11.3 Å². The normalized spacial score (nSPS) is 11.2. The molecule has 0 saturated heterocycles. The number of fused-ring (bicyclic) bond motifs is 3. The van der Waals surface area contributed by atoms with E-state index in [4.69, 9.17) is 4.98 Å². The third-order valence-corrected chi connectivity index (χ3v) is 9.34. The monoisotopic (exact) mass is 580 g/mol. The first-order valence-electron chi connectivity index (χ1n) is 14.8. The van der Waals surface area contributed by atoms with Crippen LogP contribution in [0.25, 0.3) is 64.7 Å². The molecule has 0 saturated carbocycles. The van der Waals surface area contributed by atoms with Crippen LogP contribution in [0.3, 0.4) is 0 Å². The van der Waals surface area contributed by atoms with Crippen molar-refractivity contribution >= 4 is 43.0 Å². The summed E-state index contributed by atoms with van der Waals surface area (Å²) in [5.74, 6) is 0.822. The van der Waals surface area contributed by atoms with Crippen molar-refractivity contribution in [2.75, 3.05) is 5.32 Å². The summed E-state index contributed by atoms with van der Waals surface area (Å²) in [4.78, 5) is 4.78. The number of anilines is 2. The van der Waals surface area contributed by atoms with E-state index in [2.05, 4.69) is 163 Å². The number of aromatic nitrogens is 1. The minimum absolute atomic E-state index is 0.822. The summed E-state index contributed by atoms with van der Waals surface area (Å²) < 4.78 is 2.62. The van der Waals surface area contributed by atoms with Crippen molar-refractivity contribution in [2.45, 2.75) is 0 Å². The number of hydrogen-bond donors (Lipinski definition) is 1. The maximum atomic E-state index is 4.78. The van der Waals surface area contributed by atoms with Gasteiger partial charge in [-0.25, -0.2) is 4.98 Å². The van der Waals surface area contributed by atoms with Crippen molar-refractivity contribution in [3.63, 3.8) is 0 Å². The van der Waals surface area contributed by atoms with Gasteiger partial charge in [-0.1, -0.05) is 109 Å². The molecule has 1 N–H and O–H groups in total. The Bertz CT molecular complexity index is 2160. The van der Waals surface area contributed by atoms with Crippen LogP contribution >= 0.6 is 11.3 Å². The second kappa shape index (κ2) is 11.3. The fourth-order valence-electron chi connectivity index (χ4n) is 5.88. The van der Waals surface area contributed by atoms with Gasteiger partial charge in [0, 0.05) is 43.2 Å². The Balaban J connectivity index is 1.06. The van der Waals surface area contributed by atoms with E-state index in [1.807, 2.05) is 17.5 Å². The lowest BCUT2D eigenvalue weighted by atomic mass is 9.93. The van der Waals surface area contributed by atoms with E-state index in [1.165, 1.54) is 59.1 Å². The Hall–Kier alpha value is -5.51. The third-order valence-electron chi connectivity index (χ3n) is 8.12. The highest BCUT2D eigenvalue weighted by Gasteiger charge is 2.11. The van der Waals surface area contributed by atoms with Crippen LogP contribution in [0.5, 0.6) is 0 Å². The number of hydrogen-bond acceptors (Lipinski definition) is 3. The van der Waals surface area contributed by atoms with Crippen molar-refractivity contribution in [2.24, 2.45) is 0 Å². The molecule has 0 aliphatic heterocycles. The van der Waals surface area contributed by atoms with Gasteiger partial charge in [-0.2, -0.15) is 0 Å². The van der Waals surface area contributed by atoms with Crippen LogP contribution in [0.4, 0.5) is 11.5 Å². The molecule has 0 aliphatic rings. The highest BCUT2D eigenvalue weighted by molar-refractivity contribution is 7.26. The summed E-state index contributed by atoms with van der Waals surface area (Å²) >= 11 is 1.84. The molecule has 0 aliphatic carbocycles. The fraction of sp³-hybridized carbons (Fsp3) is 0. The Labute approximate surface area is 260 Å². The Morgan fingerprint density at radius 3 is 1.64 bits per heavy atom. The molecule has 44 heavy (non-hydrogen) atoms. The van der Waals surface area contributed by atoms with Gasteiger partial charge in [0.2, 0.25) is 0 Å². The first-order chi connectivity index (χ1) is 21.8. The fourth-order valence-corrected chi connectivity index (χ4v) is 7.12. The quantitative estimate of drug-likeness (QED) is 0.212. The van der Waals surface area contributed by atoms with Gasteiger partial charge < -0.3 is 5.32 Å². The minimum atomic E-state index is 0.822. The zero-order chi connectivity index (χ0) is 29.3. The lowest BCUT2D eigenvalue weighted by Gasteiger charge is -2.12. The number of nitrogens with zero attached hydrogens (tertiary/aromatic N) is 1. The van der Waals surface area contributed by atoms with Crippen molar-refractivity contribution in [3.05, 3.63) is 164 Å². The molecule has 0 atom stereocenters. The highest BCUT2D eigenvalue weighted by atomic mass is 32.1. The lowest BCUT2D eigenvalue weighted by molar-refractivity contribution is 1.31. The van der Waals surface area contributed by atoms with Crippen molar-refractivity contribution in [1.29, 1.82) is 0 Å². The highest BCUT2D eigenvalue weighted by Crippen LogP contribution is 2.40. The van der Waals surface area contributed by atoms with Gasteiger partial charge >= 0.3 is 0 Å². The van der Waals surface area contributed by atoms with Gasteiger partial charge in [0.1, 0.15) is 5.82 Å². The molecule has 8 aromatic rings. The SMILES string of the molecule is c1ccc(-c2cc(-c3ccccc3)cc(-c3ccc(Nc4ccc(-c5cccc6c5sc5ccccc56)cn4)cc3)c2)cc1. The van der Waals surface area contributed by atoms with Crippen LogP contribution in [-0.4, -0.2) is 4.98 Å². The summed E-state index contributed by atoms with van der Waals surface area (Å²) in [6, 6.07) is 56.0. The predicted octanol–water partition coefficient (Wildman–Crippen LogP) is 11.9. The summed E-state index contributed by atoms with van der Waals surface area (Å²) in [6.07, 6.45) is 1.97. The first kappa shape index (κ1) is 26.1. The lowest BCUT2D eigenvalue weighted by Crippen LogP contribution is -1.93. The molecule has 208 valence electrons. The molecule has 0 unspecified atom stereocenters. The average molecular weight is 581 g/mol. The standard InChI is InChI=1S/C41H28N2S/c1-3-10-28(11-4-1)32-24-33(29-12-5-2-6-13-29)26-34(25-32)30-18-21-35(22-19-30)43-40-23-20-31(27-42-40)36-15-9-16-38-37-14-7-8-17-39(37)44-41(36)38/h1-27H,(H,42,43). The summed E-state index contributed by atoms with van der Waals surface area (Å²) in [5, 5.41) is 6.10. The predicted molar refractivity (Wildman–Crippen MR) is 189 cm³/mol. The zero-order valence-corrected chi connectivity index (χ0v) is 24.8.